The van der Waals surface area contributed by atoms with Gasteiger partial charge in [0.1, 0.15) is 11.3 Å². The quantitative estimate of drug-likeness (QED) is 0.366. The van der Waals surface area contributed by atoms with Crippen LogP contribution in [0.15, 0.2) is 51.7 Å². The molecule has 0 aliphatic carbocycles. The Balaban J connectivity index is 2.07. The van der Waals surface area contributed by atoms with Crippen LogP contribution < -0.4 is 10.4 Å². The molecule has 0 N–H and O–H groups in total. The summed E-state index contributed by atoms with van der Waals surface area (Å²) in [4.78, 5) is 22.6. The Labute approximate surface area is 121 Å². The molecule has 0 aliphatic rings. The summed E-state index contributed by atoms with van der Waals surface area (Å²) in [6, 6.07) is 8.09. The van der Waals surface area contributed by atoms with E-state index in [0.29, 0.717) is 11.3 Å². The number of rotatable bonds is 5. The fourth-order valence-corrected chi connectivity index (χ4v) is 1.75. The number of esters is 1. The number of hydrogen-bond acceptors (Lipinski definition) is 5. The topological polar surface area (TPSA) is 65.7 Å². The van der Waals surface area contributed by atoms with E-state index in [-0.39, 0.29) is 0 Å². The number of ether oxygens (including phenoxy) is 2. The number of allylic oxidation sites excluding steroid dienone is 1. The van der Waals surface area contributed by atoms with Crippen molar-refractivity contribution in [1.29, 1.82) is 0 Å². The van der Waals surface area contributed by atoms with Crippen LogP contribution in [0.2, 0.25) is 0 Å². The van der Waals surface area contributed by atoms with Gasteiger partial charge in [0.25, 0.3) is 0 Å². The van der Waals surface area contributed by atoms with Gasteiger partial charge in [-0.3, -0.25) is 0 Å². The third-order valence-electron chi connectivity index (χ3n) is 2.67. The summed E-state index contributed by atoms with van der Waals surface area (Å²) >= 11 is 0. The standard InChI is InChI=1S/C16H16O5/c1-3-4-5-15(17)20-11(2)19-13-8-6-12-7-9-16(18)21-14(12)10-13/h4-11H,3H2,1-2H3/b5-4+. The number of carbonyl (C=O) groups excluding carboxylic acids is 1. The van der Waals surface area contributed by atoms with Crippen LogP contribution in [0, 0.1) is 0 Å². The number of fused-ring (bicyclic) bond motifs is 1. The normalized spacial score (nSPS) is 12.5. The van der Waals surface area contributed by atoms with Crippen LogP contribution in [0.1, 0.15) is 20.3 Å². The van der Waals surface area contributed by atoms with Crippen LogP contribution >= 0.6 is 0 Å². The summed E-state index contributed by atoms with van der Waals surface area (Å²) in [6.45, 7) is 3.54. The van der Waals surface area contributed by atoms with Crippen LogP contribution in [0.4, 0.5) is 0 Å². The molecule has 0 bridgehead atoms. The molecule has 1 atom stereocenters. The average Bonchev–Trinajstić information content (AvgIpc) is 2.44. The minimum Gasteiger partial charge on any atom is -0.455 e. The van der Waals surface area contributed by atoms with Gasteiger partial charge < -0.3 is 13.9 Å². The summed E-state index contributed by atoms with van der Waals surface area (Å²) in [5.41, 5.74) is -0.00626. The lowest BCUT2D eigenvalue weighted by Gasteiger charge is -2.14. The van der Waals surface area contributed by atoms with E-state index < -0.39 is 17.9 Å². The van der Waals surface area contributed by atoms with Crippen molar-refractivity contribution >= 4 is 16.9 Å². The predicted molar refractivity (Wildman–Crippen MR) is 78.1 cm³/mol. The summed E-state index contributed by atoms with van der Waals surface area (Å²) in [5.74, 6) is -0.00621. The molecule has 0 fully saturated rings. The number of carbonyl (C=O) groups is 1. The van der Waals surface area contributed by atoms with Crippen molar-refractivity contribution in [1.82, 2.24) is 0 Å². The van der Waals surface area contributed by atoms with Gasteiger partial charge in [0.05, 0.1) is 0 Å². The molecule has 1 heterocycles. The Hall–Kier alpha value is -2.56. The highest BCUT2D eigenvalue weighted by atomic mass is 16.7. The molecule has 5 nitrogen and oxygen atoms in total. The minimum absolute atomic E-state index is 0.421. The van der Waals surface area contributed by atoms with E-state index in [1.807, 2.05) is 6.92 Å². The van der Waals surface area contributed by atoms with E-state index in [4.69, 9.17) is 13.9 Å². The van der Waals surface area contributed by atoms with Gasteiger partial charge in [0.15, 0.2) is 0 Å². The van der Waals surface area contributed by atoms with Crippen LogP contribution in [-0.2, 0) is 9.53 Å². The second-order valence-corrected chi connectivity index (χ2v) is 4.39. The van der Waals surface area contributed by atoms with Crippen LogP contribution in [0.3, 0.4) is 0 Å². The van der Waals surface area contributed by atoms with E-state index in [9.17, 15) is 9.59 Å². The van der Waals surface area contributed by atoms with Crippen molar-refractivity contribution in [3.63, 3.8) is 0 Å². The Morgan fingerprint density at radius 1 is 1.33 bits per heavy atom. The molecule has 0 saturated heterocycles. The van der Waals surface area contributed by atoms with Gasteiger partial charge in [-0.1, -0.05) is 13.0 Å². The maximum atomic E-state index is 11.4. The van der Waals surface area contributed by atoms with Gasteiger partial charge >= 0.3 is 11.6 Å². The van der Waals surface area contributed by atoms with E-state index in [1.165, 1.54) is 12.1 Å². The largest absolute Gasteiger partial charge is 0.455 e. The molecule has 0 saturated carbocycles. The SMILES string of the molecule is CC/C=C/C(=O)OC(C)Oc1ccc2ccc(=O)oc2c1. The maximum absolute atomic E-state index is 11.4. The summed E-state index contributed by atoms with van der Waals surface area (Å²) in [6.07, 6.45) is 3.08. The highest BCUT2D eigenvalue weighted by Gasteiger charge is 2.09. The van der Waals surface area contributed by atoms with Crippen molar-refractivity contribution in [2.24, 2.45) is 0 Å². The first kappa shape index (κ1) is 14.8. The highest BCUT2D eigenvalue weighted by Crippen LogP contribution is 2.20. The first-order chi connectivity index (χ1) is 10.1. The molecule has 0 aliphatic heterocycles. The summed E-state index contributed by atoms with van der Waals surface area (Å²) in [7, 11) is 0. The van der Waals surface area contributed by atoms with E-state index in [2.05, 4.69) is 0 Å². The third-order valence-corrected chi connectivity index (χ3v) is 2.67. The second-order valence-electron chi connectivity index (χ2n) is 4.39. The van der Waals surface area contributed by atoms with E-state index in [0.717, 1.165) is 11.8 Å². The van der Waals surface area contributed by atoms with Crippen molar-refractivity contribution < 1.29 is 18.7 Å². The number of hydrogen-bond donors (Lipinski definition) is 0. The maximum Gasteiger partial charge on any atom is 0.336 e. The molecule has 1 unspecified atom stereocenters. The first-order valence-corrected chi connectivity index (χ1v) is 6.66. The molecule has 2 aromatic rings. The Morgan fingerprint density at radius 3 is 2.86 bits per heavy atom. The van der Waals surface area contributed by atoms with Gasteiger partial charge in [-0.05, 0) is 24.6 Å². The average molecular weight is 288 g/mol. The fraction of sp³-hybridized carbons (Fsp3) is 0.250. The third kappa shape index (κ3) is 4.21. The summed E-state index contributed by atoms with van der Waals surface area (Å²) < 4.78 is 15.6. The molecule has 0 radical (unpaired) electrons. The molecule has 21 heavy (non-hydrogen) atoms. The van der Waals surface area contributed by atoms with Gasteiger partial charge in [0, 0.05) is 30.5 Å². The lowest BCUT2D eigenvalue weighted by molar-refractivity contribution is -0.154. The second kappa shape index (κ2) is 6.74. The molecule has 2 rings (SSSR count). The van der Waals surface area contributed by atoms with Gasteiger partial charge in [-0.25, -0.2) is 9.59 Å². The van der Waals surface area contributed by atoms with Crippen molar-refractivity contribution in [2.45, 2.75) is 26.6 Å². The van der Waals surface area contributed by atoms with E-state index in [1.54, 1.807) is 37.3 Å². The zero-order valence-corrected chi connectivity index (χ0v) is 11.9. The first-order valence-electron chi connectivity index (χ1n) is 6.66. The van der Waals surface area contributed by atoms with Gasteiger partial charge in [0.2, 0.25) is 6.29 Å². The zero-order valence-electron chi connectivity index (χ0n) is 11.9. The molecule has 0 amide bonds. The summed E-state index contributed by atoms with van der Waals surface area (Å²) in [5, 5.41) is 0.789. The highest BCUT2D eigenvalue weighted by molar-refractivity contribution is 5.82. The lowest BCUT2D eigenvalue weighted by atomic mass is 10.2. The smallest absolute Gasteiger partial charge is 0.336 e. The Kier molecular flexibility index (Phi) is 4.77. The monoisotopic (exact) mass is 288 g/mol. The van der Waals surface area contributed by atoms with Crippen molar-refractivity contribution in [3.8, 4) is 5.75 Å². The van der Waals surface area contributed by atoms with Crippen molar-refractivity contribution in [2.75, 3.05) is 0 Å². The molecular formula is C16H16O5. The molecule has 1 aromatic heterocycles. The molecule has 0 spiro atoms. The molecule has 1 aromatic carbocycles. The lowest BCUT2D eigenvalue weighted by Crippen LogP contribution is -2.19. The van der Waals surface area contributed by atoms with E-state index >= 15 is 0 Å². The molecule has 5 heteroatoms. The van der Waals surface area contributed by atoms with Crippen molar-refractivity contribution in [3.05, 3.63) is 52.9 Å². The zero-order chi connectivity index (χ0) is 15.2. The van der Waals surface area contributed by atoms with Crippen LogP contribution in [-0.4, -0.2) is 12.3 Å². The fourth-order valence-electron chi connectivity index (χ4n) is 1.75. The molecule has 110 valence electrons. The van der Waals surface area contributed by atoms with Crippen LogP contribution in [0.25, 0.3) is 11.0 Å². The Bertz CT molecular complexity index is 714. The Morgan fingerprint density at radius 2 is 2.10 bits per heavy atom. The molecular weight excluding hydrogens is 272 g/mol. The van der Waals surface area contributed by atoms with Gasteiger partial charge in [-0.15, -0.1) is 0 Å². The van der Waals surface area contributed by atoms with Gasteiger partial charge in [-0.2, -0.15) is 0 Å². The minimum atomic E-state index is -0.744. The predicted octanol–water partition coefficient (Wildman–Crippen LogP) is 3.03. The number of benzene rings is 1. The van der Waals surface area contributed by atoms with Crippen LogP contribution in [0.5, 0.6) is 5.75 Å².